The number of aromatic carboxylic acids is 1. The minimum Gasteiger partial charge on any atom is -0.477 e. The van der Waals surface area contributed by atoms with Gasteiger partial charge in [-0.25, -0.2) is 14.5 Å². The molecule has 8 nitrogen and oxygen atoms in total. The number of nitrogens with zero attached hydrogens (tertiary/aromatic N) is 4. The maximum absolute atomic E-state index is 12.0. The van der Waals surface area contributed by atoms with Gasteiger partial charge in [-0.3, -0.25) is 0 Å². The third kappa shape index (κ3) is 3.55. The van der Waals surface area contributed by atoms with Crippen molar-refractivity contribution in [2.45, 2.75) is 13.8 Å². The molecule has 0 saturated carbocycles. The van der Waals surface area contributed by atoms with E-state index >= 15 is 0 Å². The minimum absolute atomic E-state index is 0.0523. The lowest BCUT2D eigenvalue weighted by atomic mass is 10.1. The summed E-state index contributed by atoms with van der Waals surface area (Å²) < 4.78 is 12.8. The van der Waals surface area contributed by atoms with Gasteiger partial charge in [-0.05, 0) is 26.0 Å². The predicted molar refractivity (Wildman–Crippen MR) is 116 cm³/mol. The SMILES string of the molecule is Cc1cccc(-c2cc(C(=O)O)n(-c3cc(N4CCOCC4)c4oc(C)cc4n3)n2)c1. The summed E-state index contributed by atoms with van der Waals surface area (Å²) in [6.07, 6.45) is 0. The van der Waals surface area contributed by atoms with Crippen molar-refractivity contribution in [1.82, 2.24) is 14.8 Å². The van der Waals surface area contributed by atoms with Crippen LogP contribution in [0.5, 0.6) is 0 Å². The first-order chi connectivity index (χ1) is 15.0. The van der Waals surface area contributed by atoms with E-state index in [9.17, 15) is 9.90 Å². The quantitative estimate of drug-likeness (QED) is 0.538. The molecule has 3 aromatic heterocycles. The van der Waals surface area contributed by atoms with Crippen LogP contribution in [0.4, 0.5) is 5.69 Å². The number of carboxylic acid groups (broad SMARTS) is 1. The minimum atomic E-state index is -1.07. The molecule has 8 heteroatoms. The Balaban J connectivity index is 1.69. The highest BCUT2D eigenvalue weighted by Crippen LogP contribution is 2.32. The average molecular weight is 418 g/mol. The molecule has 1 aromatic carbocycles. The van der Waals surface area contributed by atoms with E-state index in [-0.39, 0.29) is 5.69 Å². The summed E-state index contributed by atoms with van der Waals surface area (Å²) in [5, 5.41) is 14.5. The molecule has 4 heterocycles. The molecule has 1 saturated heterocycles. The van der Waals surface area contributed by atoms with Gasteiger partial charge < -0.3 is 19.2 Å². The Bertz CT molecular complexity index is 1280. The van der Waals surface area contributed by atoms with Crippen LogP contribution >= 0.6 is 0 Å². The van der Waals surface area contributed by atoms with Crippen molar-refractivity contribution in [3.05, 3.63) is 59.5 Å². The maximum Gasteiger partial charge on any atom is 0.354 e. The molecule has 158 valence electrons. The van der Waals surface area contributed by atoms with Gasteiger partial charge >= 0.3 is 5.97 Å². The standard InChI is InChI=1S/C23H22N4O4/c1-14-4-3-5-16(10-14)17-12-20(23(28)29)27(25-17)21-13-19(26-6-8-30-9-7-26)22-18(24-21)11-15(2)31-22/h3-5,10-13H,6-9H2,1-2H3,(H,28,29). The maximum atomic E-state index is 12.0. The first-order valence-corrected chi connectivity index (χ1v) is 10.1. The Kier molecular flexibility index (Phi) is 4.71. The van der Waals surface area contributed by atoms with E-state index in [1.54, 1.807) is 6.07 Å². The van der Waals surface area contributed by atoms with Crippen molar-refractivity contribution in [1.29, 1.82) is 0 Å². The Hall–Kier alpha value is -3.65. The second kappa shape index (κ2) is 7.55. The lowest BCUT2D eigenvalue weighted by Gasteiger charge is -2.29. The van der Waals surface area contributed by atoms with Gasteiger partial charge in [0.05, 0.1) is 24.6 Å². The van der Waals surface area contributed by atoms with Crippen LogP contribution < -0.4 is 4.90 Å². The van der Waals surface area contributed by atoms with E-state index in [0.29, 0.717) is 35.8 Å². The van der Waals surface area contributed by atoms with Crippen molar-refractivity contribution < 1.29 is 19.1 Å². The van der Waals surface area contributed by atoms with Gasteiger partial charge in [0.25, 0.3) is 0 Å². The van der Waals surface area contributed by atoms with Crippen LogP contribution in [-0.2, 0) is 4.74 Å². The molecule has 0 spiro atoms. The molecule has 4 aromatic rings. The number of fused-ring (bicyclic) bond motifs is 1. The van der Waals surface area contributed by atoms with E-state index in [0.717, 1.165) is 35.7 Å². The molecule has 1 fully saturated rings. The van der Waals surface area contributed by atoms with Crippen LogP contribution in [0.1, 0.15) is 21.8 Å². The number of rotatable bonds is 4. The van der Waals surface area contributed by atoms with Crippen molar-refractivity contribution in [2.75, 3.05) is 31.2 Å². The Morgan fingerprint density at radius 2 is 1.90 bits per heavy atom. The van der Waals surface area contributed by atoms with Crippen molar-refractivity contribution in [3.8, 4) is 17.1 Å². The number of pyridine rings is 1. The molecule has 1 aliphatic rings. The number of aryl methyl sites for hydroxylation is 2. The highest BCUT2D eigenvalue weighted by molar-refractivity contribution is 5.90. The number of morpholine rings is 1. The van der Waals surface area contributed by atoms with Crippen LogP contribution in [0.25, 0.3) is 28.2 Å². The summed E-state index contributed by atoms with van der Waals surface area (Å²) in [5.41, 5.74) is 4.78. The van der Waals surface area contributed by atoms with Crippen molar-refractivity contribution >= 4 is 22.8 Å². The van der Waals surface area contributed by atoms with Crippen LogP contribution in [0.2, 0.25) is 0 Å². The number of aromatic nitrogens is 3. The average Bonchev–Trinajstić information content (AvgIpc) is 3.37. The summed E-state index contributed by atoms with van der Waals surface area (Å²) in [4.78, 5) is 18.9. The summed E-state index contributed by atoms with van der Waals surface area (Å²) in [6, 6.07) is 13.1. The normalized spacial score (nSPS) is 14.3. The van der Waals surface area contributed by atoms with E-state index in [2.05, 4.69) is 15.0 Å². The van der Waals surface area contributed by atoms with E-state index < -0.39 is 5.97 Å². The zero-order chi connectivity index (χ0) is 21.5. The number of anilines is 1. The van der Waals surface area contributed by atoms with Gasteiger partial charge in [0.15, 0.2) is 17.1 Å². The number of furan rings is 1. The number of carbonyl (C=O) groups is 1. The smallest absolute Gasteiger partial charge is 0.354 e. The second-order valence-corrected chi connectivity index (χ2v) is 7.67. The first-order valence-electron chi connectivity index (χ1n) is 10.1. The van der Waals surface area contributed by atoms with Gasteiger partial charge in [-0.2, -0.15) is 5.10 Å². The molecule has 1 N–H and O–H groups in total. The van der Waals surface area contributed by atoms with Crippen LogP contribution in [0, 0.1) is 13.8 Å². The molecular weight excluding hydrogens is 396 g/mol. The fourth-order valence-corrected chi connectivity index (χ4v) is 3.91. The molecule has 31 heavy (non-hydrogen) atoms. The molecule has 0 radical (unpaired) electrons. The van der Waals surface area contributed by atoms with Gasteiger partial charge in [-0.1, -0.05) is 23.8 Å². The molecule has 0 bridgehead atoms. The zero-order valence-corrected chi connectivity index (χ0v) is 17.3. The zero-order valence-electron chi connectivity index (χ0n) is 17.3. The second-order valence-electron chi connectivity index (χ2n) is 7.67. The third-order valence-electron chi connectivity index (χ3n) is 5.38. The highest BCUT2D eigenvalue weighted by atomic mass is 16.5. The Labute approximate surface area is 178 Å². The monoisotopic (exact) mass is 418 g/mol. The molecule has 5 rings (SSSR count). The summed E-state index contributed by atoms with van der Waals surface area (Å²) in [6.45, 7) is 6.55. The molecule has 0 amide bonds. The molecule has 0 unspecified atom stereocenters. The van der Waals surface area contributed by atoms with Crippen molar-refractivity contribution in [3.63, 3.8) is 0 Å². The number of ether oxygens (including phenoxy) is 1. The van der Waals surface area contributed by atoms with Gasteiger partial charge in [0, 0.05) is 30.8 Å². The summed E-state index contributed by atoms with van der Waals surface area (Å²) >= 11 is 0. The van der Waals surface area contributed by atoms with Crippen LogP contribution in [0.3, 0.4) is 0 Å². The largest absolute Gasteiger partial charge is 0.477 e. The molecular formula is C23H22N4O4. The Morgan fingerprint density at radius 1 is 1.10 bits per heavy atom. The first kappa shape index (κ1) is 19.3. The van der Waals surface area contributed by atoms with Crippen LogP contribution in [-0.4, -0.2) is 52.1 Å². The summed E-state index contributed by atoms with van der Waals surface area (Å²) in [5.74, 6) is 0.115. The lowest BCUT2D eigenvalue weighted by Crippen LogP contribution is -2.36. The fourth-order valence-electron chi connectivity index (χ4n) is 3.91. The van der Waals surface area contributed by atoms with Crippen molar-refractivity contribution in [2.24, 2.45) is 0 Å². The summed E-state index contributed by atoms with van der Waals surface area (Å²) in [7, 11) is 0. The number of hydrogen-bond acceptors (Lipinski definition) is 6. The van der Waals surface area contributed by atoms with E-state index in [1.807, 2.05) is 50.2 Å². The third-order valence-corrected chi connectivity index (χ3v) is 5.38. The number of hydrogen-bond donors (Lipinski definition) is 1. The fraction of sp³-hybridized carbons (Fsp3) is 0.261. The lowest BCUT2D eigenvalue weighted by molar-refractivity contribution is 0.0686. The van der Waals surface area contributed by atoms with Gasteiger partial charge in [-0.15, -0.1) is 0 Å². The number of carboxylic acids is 1. The van der Waals surface area contributed by atoms with E-state index in [4.69, 9.17) is 9.15 Å². The van der Waals surface area contributed by atoms with Gasteiger partial charge in [0.2, 0.25) is 0 Å². The molecule has 1 aliphatic heterocycles. The predicted octanol–water partition coefficient (Wildman–Crippen LogP) is 3.83. The van der Waals surface area contributed by atoms with Crippen LogP contribution in [0.15, 0.2) is 46.9 Å². The molecule has 0 aliphatic carbocycles. The Morgan fingerprint density at radius 3 is 2.65 bits per heavy atom. The molecule has 0 atom stereocenters. The number of benzene rings is 1. The van der Waals surface area contributed by atoms with E-state index in [1.165, 1.54) is 4.68 Å². The topological polar surface area (TPSA) is 93.6 Å². The highest BCUT2D eigenvalue weighted by Gasteiger charge is 2.23. The van der Waals surface area contributed by atoms with Gasteiger partial charge in [0.1, 0.15) is 11.3 Å².